The van der Waals surface area contributed by atoms with Crippen LogP contribution in [0, 0.1) is 0 Å². The molecule has 0 fully saturated rings. The monoisotopic (exact) mass is 368 g/mol. The average molecular weight is 370 g/mol. The van der Waals surface area contributed by atoms with E-state index >= 15 is 0 Å². The number of hydrogen-bond donors (Lipinski definition) is 2. The van der Waals surface area contributed by atoms with Crippen LogP contribution < -0.4 is 15.8 Å². The number of amides is 1. The number of benzene rings is 2. The molecule has 0 unspecified atom stereocenters. The Kier molecular flexibility index (Phi) is 5.09. The predicted molar refractivity (Wildman–Crippen MR) is 89.1 cm³/mol. The zero-order chi connectivity index (χ0) is 15.4. The molecule has 0 radical (unpaired) electrons. The second-order valence-corrected chi connectivity index (χ2v) is 5.53. The Labute approximate surface area is 136 Å². The first-order valence-corrected chi connectivity index (χ1v) is 7.47. The molecular formula is C15H14BrClN2O2. The van der Waals surface area contributed by atoms with Gasteiger partial charge in [-0.2, -0.15) is 0 Å². The highest BCUT2D eigenvalue weighted by Crippen LogP contribution is 2.30. The molecule has 2 rings (SSSR count). The Balaban J connectivity index is 2.30. The van der Waals surface area contributed by atoms with Crippen LogP contribution in [0.3, 0.4) is 0 Å². The zero-order valence-corrected chi connectivity index (χ0v) is 13.7. The van der Waals surface area contributed by atoms with E-state index < -0.39 is 0 Å². The molecule has 0 aliphatic heterocycles. The first kappa shape index (κ1) is 15.7. The van der Waals surface area contributed by atoms with Gasteiger partial charge in [0, 0.05) is 9.50 Å². The summed E-state index contributed by atoms with van der Waals surface area (Å²) in [6, 6.07) is 10.2. The lowest BCUT2D eigenvalue weighted by Crippen LogP contribution is -2.15. The molecule has 0 atom stereocenters. The molecule has 0 aliphatic carbocycles. The number of carbonyl (C=O) groups excluding carboxylic acids is 1. The summed E-state index contributed by atoms with van der Waals surface area (Å²) in [7, 11) is 0. The number of nitrogen functional groups attached to an aromatic ring is 1. The van der Waals surface area contributed by atoms with Crippen LogP contribution in [-0.4, -0.2) is 12.5 Å². The normalized spacial score (nSPS) is 10.2. The molecule has 6 heteroatoms. The Morgan fingerprint density at radius 3 is 2.81 bits per heavy atom. The van der Waals surface area contributed by atoms with Gasteiger partial charge < -0.3 is 15.8 Å². The van der Waals surface area contributed by atoms with Crippen LogP contribution in [0.1, 0.15) is 17.3 Å². The molecule has 3 N–H and O–H groups in total. The van der Waals surface area contributed by atoms with Crippen LogP contribution in [0.5, 0.6) is 5.75 Å². The van der Waals surface area contributed by atoms with Gasteiger partial charge in [0.15, 0.2) is 5.75 Å². The lowest BCUT2D eigenvalue weighted by Gasteiger charge is -2.13. The van der Waals surface area contributed by atoms with Gasteiger partial charge in [-0.15, -0.1) is 0 Å². The van der Waals surface area contributed by atoms with Gasteiger partial charge in [-0.05, 0) is 53.2 Å². The molecule has 0 aromatic heterocycles. The molecule has 2 aromatic carbocycles. The Morgan fingerprint density at radius 2 is 2.14 bits per heavy atom. The summed E-state index contributed by atoms with van der Waals surface area (Å²) in [5.74, 6) is 0.0939. The molecule has 21 heavy (non-hydrogen) atoms. The highest BCUT2D eigenvalue weighted by Gasteiger charge is 2.16. The highest BCUT2D eigenvalue weighted by atomic mass is 79.9. The van der Waals surface area contributed by atoms with E-state index in [9.17, 15) is 4.79 Å². The minimum Gasteiger partial charge on any atom is -0.491 e. The van der Waals surface area contributed by atoms with Crippen molar-refractivity contribution >= 4 is 44.8 Å². The molecule has 0 bridgehead atoms. The van der Waals surface area contributed by atoms with Crippen LogP contribution in [0.4, 0.5) is 11.4 Å². The smallest absolute Gasteiger partial charge is 0.259 e. The van der Waals surface area contributed by atoms with Crippen molar-refractivity contribution in [2.24, 2.45) is 0 Å². The number of nitrogens with one attached hydrogen (secondary N) is 1. The van der Waals surface area contributed by atoms with Crippen molar-refractivity contribution in [2.45, 2.75) is 6.92 Å². The van der Waals surface area contributed by atoms with Gasteiger partial charge in [-0.25, -0.2) is 0 Å². The van der Waals surface area contributed by atoms with Crippen LogP contribution in [-0.2, 0) is 0 Å². The maximum Gasteiger partial charge on any atom is 0.259 e. The molecule has 1 amide bonds. The second kappa shape index (κ2) is 6.83. The van der Waals surface area contributed by atoms with E-state index in [1.807, 2.05) is 6.92 Å². The first-order valence-electron chi connectivity index (χ1n) is 6.30. The number of rotatable bonds is 4. The lowest BCUT2D eigenvalue weighted by atomic mass is 10.1. The SMILES string of the molecule is CCOc1c(N)cccc1C(=O)Nc1ccc(Cl)cc1Br. The summed E-state index contributed by atoms with van der Waals surface area (Å²) < 4.78 is 6.16. The summed E-state index contributed by atoms with van der Waals surface area (Å²) >= 11 is 9.24. The van der Waals surface area contributed by atoms with Crippen molar-refractivity contribution in [3.8, 4) is 5.75 Å². The van der Waals surface area contributed by atoms with E-state index in [2.05, 4.69) is 21.2 Å². The molecule has 0 saturated carbocycles. The standard InChI is InChI=1S/C15H14BrClN2O2/c1-2-21-14-10(4-3-5-12(14)18)15(20)19-13-7-6-9(17)8-11(13)16/h3-8H,2,18H2,1H3,(H,19,20). The highest BCUT2D eigenvalue weighted by molar-refractivity contribution is 9.10. The largest absolute Gasteiger partial charge is 0.491 e. The Hall–Kier alpha value is -1.72. The molecule has 2 aromatic rings. The van der Waals surface area contributed by atoms with Gasteiger partial charge in [-0.1, -0.05) is 17.7 Å². The van der Waals surface area contributed by atoms with Crippen LogP contribution in [0.2, 0.25) is 5.02 Å². The Morgan fingerprint density at radius 1 is 1.38 bits per heavy atom. The van der Waals surface area contributed by atoms with E-state index in [0.29, 0.717) is 38.8 Å². The van der Waals surface area contributed by atoms with Gasteiger partial charge in [-0.3, -0.25) is 4.79 Å². The van der Waals surface area contributed by atoms with Crippen molar-refractivity contribution < 1.29 is 9.53 Å². The Bertz CT molecular complexity index is 677. The maximum absolute atomic E-state index is 12.4. The first-order chi connectivity index (χ1) is 10.0. The van der Waals surface area contributed by atoms with Crippen LogP contribution in [0.15, 0.2) is 40.9 Å². The number of ether oxygens (including phenoxy) is 1. The van der Waals surface area contributed by atoms with Crippen LogP contribution >= 0.6 is 27.5 Å². The van der Waals surface area contributed by atoms with Gasteiger partial charge in [0.1, 0.15) is 0 Å². The summed E-state index contributed by atoms with van der Waals surface area (Å²) in [6.45, 7) is 2.27. The minimum atomic E-state index is -0.297. The molecule has 0 spiro atoms. The predicted octanol–water partition coefficient (Wildman–Crippen LogP) is 4.34. The molecule has 0 saturated heterocycles. The van der Waals surface area contributed by atoms with E-state index in [4.69, 9.17) is 22.1 Å². The number of nitrogens with two attached hydrogens (primary N) is 1. The number of para-hydroxylation sites is 1. The fraction of sp³-hybridized carbons (Fsp3) is 0.133. The van der Waals surface area contributed by atoms with Gasteiger partial charge in [0.2, 0.25) is 0 Å². The van der Waals surface area contributed by atoms with E-state index in [1.165, 1.54) is 0 Å². The lowest BCUT2D eigenvalue weighted by molar-refractivity contribution is 0.102. The van der Waals surface area contributed by atoms with Crippen molar-refractivity contribution in [3.05, 3.63) is 51.5 Å². The third kappa shape index (κ3) is 3.68. The number of anilines is 2. The summed E-state index contributed by atoms with van der Waals surface area (Å²) in [6.07, 6.45) is 0. The molecule has 4 nitrogen and oxygen atoms in total. The van der Waals surface area contributed by atoms with Crippen LogP contribution in [0.25, 0.3) is 0 Å². The topological polar surface area (TPSA) is 64.3 Å². The molecular weight excluding hydrogens is 356 g/mol. The van der Waals surface area contributed by atoms with Crippen molar-refractivity contribution in [2.75, 3.05) is 17.7 Å². The number of carbonyl (C=O) groups is 1. The fourth-order valence-electron chi connectivity index (χ4n) is 1.82. The summed E-state index contributed by atoms with van der Waals surface area (Å²) in [5.41, 5.74) is 7.29. The third-order valence-electron chi connectivity index (χ3n) is 2.76. The van der Waals surface area contributed by atoms with Crippen molar-refractivity contribution in [1.82, 2.24) is 0 Å². The molecule has 0 aliphatic rings. The van der Waals surface area contributed by atoms with Gasteiger partial charge >= 0.3 is 0 Å². The van der Waals surface area contributed by atoms with E-state index in [1.54, 1.807) is 36.4 Å². The van der Waals surface area contributed by atoms with Gasteiger partial charge in [0.05, 0.1) is 23.5 Å². The zero-order valence-electron chi connectivity index (χ0n) is 11.3. The summed E-state index contributed by atoms with van der Waals surface area (Å²) in [5, 5.41) is 3.38. The van der Waals surface area contributed by atoms with E-state index in [0.717, 1.165) is 0 Å². The quantitative estimate of drug-likeness (QED) is 0.788. The molecule has 110 valence electrons. The maximum atomic E-state index is 12.4. The van der Waals surface area contributed by atoms with Crippen molar-refractivity contribution in [3.63, 3.8) is 0 Å². The average Bonchev–Trinajstić information content (AvgIpc) is 2.44. The third-order valence-corrected chi connectivity index (χ3v) is 3.65. The minimum absolute atomic E-state index is 0.297. The second-order valence-electron chi connectivity index (χ2n) is 4.24. The summed E-state index contributed by atoms with van der Waals surface area (Å²) in [4.78, 5) is 12.4. The van der Waals surface area contributed by atoms with Gasteiger partial charge in [0.25, 0.3) is 5.91 Å². The number of hydrogen-bond acceptors (Lipinski definition) is 3. The molecule has 0 heterocycles. The fourth-order valence-corrected chi connectivity index (χ4v) is 2.60. The van der Waals surface area contributed by atoms with Crippen molar-refractivity contribution in [1.29, 1.82) is 0 Å². The number of halogens is 2. The van der Waals surface area contributed by atoms with E-state index in [-0.39, 0.29) is 5.91 Å².